The minimum atomic E-state index is 0.369. The van der Waals surface area contributed by atoms with Gasteiger partial charge in [0.15, 0.2) is 5.96 Å². The molecule has 0 bridgehead atoms. The number of fused-ring (bicyclic) bond motifs is 1. The van der Waals surface area contributed by atoms with E-state index >= 15 is 0 Å². The molecule has 0 aliphatic carbocycles. The number of nitrogens with two attached hydrogens (primary N) is 1. The lowest BCUT2D eigenvalue weighted by atomic mass is 10.2. The maximum Gasteiger partial charge on any atom is 0.230 e. The molecule has 1 fully saturated rings. The molecule has 2 aromatic rings. The van der Waals surface area contributed by atoms with Crippen LogP contribution in [0.1, 0.15) is 12.1 Å². The quantitative estimate of drug-likeness (QED) is 0.485. The number of piperazine rings is 1. The van der Waals surface area contributed by atoms with Gasteiger partial charge in [0.05, 0.1) is 11.2 Å². The Hall–Kier alpha value is -2.25. The molecule has 0 atom stereocenters. The molecule has 0 unspecified atom stereocenters. The van der Waals surface area contributed by atoms with Crippen LogP contribution in [-0.2, 0) is 0 Å². The molecule has 134 valence electrons. The van der Waals surface area contributed by atoms with Crippen LogP contribution in [0.2, 0.25) is 0 Å². The van der Waals surface area contributed by atoms with Crippen LogP contribution in [0, 0.1) is 6.92 Å². The van der Waals surface area contributed by atoms with Crippen molar-refractivity contribution in [3.05, 3.63) is 30.0 Å². The van der Waals surface area contributed by atoms with Crippen molar-refractivity contribution in [2.45, 2.75) is 13.3 Å². The maximum absolute atomic E-state index is 5.98. The van der Waals surface area contributed by atoms with Gasteiger partial charge in [-0.2, -0.15) is 0 Å². The van der Waals surface area contributed by atoms with Gasteiger partial charge < -0.3 is 15.5 Å². The molecule has 0 saturated carbocycles. The fourth-order valence-electron chi connectivity index (χ4n) is 3.01. The van der Waals surface area contributed by atoms with Gasteiger partial charge in [0.2, 0.25) is 5.95 Å². The molecule has 0 radical (unpaired) electrons. The Morgan fingerprint density at radius 2 is 1.96 bits per heavy atom. The Kier molecular flexibility index (Phi) is 5.78. The standard InChI is InChI=1S/C18H27N7/c1-14-15-6-3-4-7-16(15)22-18(21-14)23-17(19)20-8-5-9-25-12-10-24(2)11-13-25/h3-4,6-7H,5,8-13H2,1-2H3,(H3,19,20,21,22,23). The first-order chi connectivity index (χ1) is 12.1. The summed E-state index contributed by atoms with van der Waals surface area (Å²) < 4.78 is 0. The lowest BCUT2D eigenvalue weighted by Gasteiger charge is -2.32. The van der Waals surface area contributed by atoms with E-state index in [1.807, 2.05) is 31.2 Å². The number of para-hydroxylation sites is 1. The van der Waals surface area contributed by atoms with Gasteiger partial charge in [-0.1, -0.05) is 18.2 Å². The third-order valence-corrected chi connectivity index (χ3v) is 4.54. The Bertz CT molecular complexity index is 735. The number of rotatable bonds is 5. The molecule has 3 N–H and O–H groups in total. The van der Waals surface area contributed by atoms with Gasteiger partial charge in [-0.15, -0.1) is 0 Å². The number of anilines is 1. The van der Waals surface area contributed by atoms with Gasteiger partial charge >= 0.3 is 0 Å². The molecule has 1 aliphatic heterocycles. The third-order valence-electron chi connectivity index (χ3n) is 4.54. The first kappa shape index (κ1) is 17.6. The number of hydrogen-bond acceptors (Lipinski definition) is 5. The summed E-state index contributed by atoms with van der Waals surface area (Å²) in [5.74, 6) is 0.865. The largest absolute Gasteiger partial charge is 0.370 e. The van der Waals surface area contributed by atoms with E-state index in [1.165, 1.54) is 0 Å². The predicted octanol–water partition coefficient (Wildman–Crippen LogP) is 1.30. The minimum absolute atomic E-state index is 0.369. The van der Waals surface area contributed by atoms with Crippen LogP contribution in [0.15, 0.2) is 29.3 Å². The number of guanidine groups is 1. The van der Waals surface area contributed by atoms with Crippen LogP contribution in [0.5, 0.6) is 0 Å². The van der Waals surface area contributed by atoms with E-state index in [9.17, 15) is 0 Å². The van der Waals surface area contributed by atoms with Crippen LogP contribution in [0.3, 0.4) is 0 Å². The number of aliphatic imine (C=N–C) groups is 1. The Morgan fingerprint density at radius 3 is 2.76 bits per heavy atom. The summed E-state index contributed by atoms with van der Waals surface area (Å²) in [6.07, 6.45) is 1.00. The number of nitrogens with one attached hydrogen (secondary N) is 1. The first-order valence-electron chi connectivity index (χ1n) is 8.83. The zero-order chi connectivity index (χ0) is 17.6. The second kappa shape index (κ2) is 8.22. The summed E-state index contributed by atoms with van der Waals surface area (Å²) in [7, 11) is 2.17. The van der Waals surface area contributed by atoms with Gasteiger partial charge in [-0.3, -0.25) is 10.3 Å². The summed E-state index contributed by atoms with van der Waals surface area (Å²) >= 11 is 0. The van der Waals surface area contributed by atoms with E-state index < -0.39 is 0 Å². The second-order valence-corrected chi connectivity index (χ2v) is 6.54. The third kappa shape index (κ3) is 4.87. The van der Waals surface area contributed by atoms with E-state index in [0.717, 1.165) is 55.7 Å². The molecule has 1 aliphatic rings. The molecule has 25 heavy (non-hydrogen) atoms. The van der Waals surface area contributed by atoms with Crippen molar-refractivity contribution in [1.82, 2.24) is 19.8 Å². The summed E-state index contributed by atoms with van der Waals surface area (Å²) in [6.45, 7) is 8.31. The number of nitrogens with zero attached hydrogens (tertiary/aromatic N) is 5. The highest BCUT2D eigenvalue weighted by Gasteiger charge is 2.12. The van der Waals surface area contributed by atoms with E-state index in [4.69, 9.17) is 5.73 Å². The van der Waals surface area contributed by atoms with E-state index in [2.05, 4.69) is 37.1 Å². The van der Waals surface area contributed by atoms with Crippen molar-refractivity contribution in [3.63, 3.8) is 0 Å². The molecule has 0 amide bonds. The van der Waals surface area contributed by atoms with Crippen molar-refractivity contribution in [2.24, 2.45) is 10.7 Å². The average Bonchev–Trinajstić information content (AvgIpc) is 2.60. The number of likely N-dealkylation sites (N-methyl/N-ethyl adjacent to an activating group) is 1. The topological polar surface area (TPSA) is 82.7 Å². The van der Waals surface area contributed by atoms with Crippen LogP contribution < -0.4 is 11.1 Å². The van der Waals surface area contributed by atoms with Crippen molar-refractivity contribution >= 4 is 22.8 Å². The van der Waals surface area contributed by atoms with Crippen molar-refractivity contribution in [2.75, 3.05) is 51.6 Å². The first-order valence-corrected chi connectivity index (χ1v) is 8.83. The van der Waals surface area contributed by atoms with Crippen molar-refractivity contribution in [1.29, 1.82) is 0 Å². The fraction of sp³-hybridized carbons (Fsp3) is 0.500. The molecule has 7 nitrogen and oxygen atoms in total. The molecule has 7 heteroatoms. The predicted molar refractivity (Wildman–Crippen MR) is 103 cm³/mol. The van der Waals surface area contributed by atoms with Crippen LogP contribution in [0.25, 0.3) is 10.9 Å². The zero-order valence-electron chi connectivity index (χ0n) is 15.1. The summed E-state index contributed by atoms with van der Waals surface area (Å²) in [4.78, 5) is 18.2. The fourth-order valence-corrected chi connectivity index (χ4v) is 3.01. The smallest absolute Gasteiger partial charge is 0.230 e. The van der Waals surface area contributed by atoms with Crippen LogP contribution in [-0.4, -0.2) is 72.0 Å². The second-order valence-electron chi connectivity index (χ2n) is 6.54. The maximum atomic E-state index is 5.98. The van der Waals surface area contributed by atoms with Gasteiger partial charge in [-0.05, 0) is 26.5 Å². The zero-order valence-corrected chi connectivity index (χ0v) is 15.1. The molecule has 0 spiro atoms. The van der Waals surface area contributed by atoms with E-state index in [-0.39, 0.29) is 0 Å². The molecular formula is C18H27N7. The Morgan fingerprint density at radius 1 is 1.20 bits per heavy atom. The molecule has 3 rings (SSSR count). The van der Waals surface area contributed by atoms with Crippen molar-refractivity contribution in [3.8, 4) is 0 Å². The lowest BCUT2D eigenvalue weighted by molar-refractivity contribution is 0.153. The highest BCUT2D eigenvalue weighted by atomic mass is 15.2. The summed E-state index contributed by atoms with van der Waals surface area (Å²) in [6, 6.07) is 7.94. The number of aromatic nitrogens is 2. The highest BCUT2D eigenvalue weighted by Crippen LogP contribution is 2.16. The van der Waals surface area contributed by atoms with Gasteiger partial charge in [0, 0.05) is 44.7 Å². The van der Waals surface area contributed by atoms with Crippen LogP contribution >= 0.6 is 0 Å². The molecular weight excluding hydrogens is 314 g/mol. The summed E-state index contributed by atoms with van der Waals surface area (Å²) in [5.41, 5.74) is 7.81. The monoisotopic (exact) mass is 341 g/mol. The highest BCUT2D eigenvalue weighted by molar-refractivity contribution is 5.92. The Labute approximate surface area is 149 Å². The molecule has 1 aromatic carbocycles. The van der Waals surface area contributed by atoms with Gasteiger partial charge in [0.1, 0.15) is 0 Å². The number of benzene rings is 1. The Balaban J connectivity index is 1.50. The average molecular weight is 341 g/mol. The minimum Gasteiger partial charge on any atom is -0.370 e. The van der Waals surface area contributed by atoms with Crippen molar-refractivity contribution < 1.29 is 0 Å². The van der Waals surface area contributed by atoms with Crippen LogP contribution in [0.4, 0.5) is 5.95 Å². The molecule has 1 aromatic heterocycles. The van der Waals surface area contributed by atoms with E-state index in [0.29, 0.717) is 18.5 Å². The molecule has 2 heterocycles. The lowest BCUT2D eigenvalue weighted by Crippen LogP contribution is -2.44. The SMILES string of the molecule is Cc1nc(NC(N)=NCCCN2CCN(C)CC2)nc2ccccc12. The van der Waals surface area contributed by atoms with Gasteiger partial charge in [0.25, 0.3) is 0 Å². The number of aryl methyl sites for hydroxylation is 1. The van der Waals surface area contributed by atoms with E-state index in [1.54, 1.807) is 0 Å². The van der Waals surface area contributed by atoms with Gasteiger partial charge in [-0.25, -0.2) is 9.97 Å². The molecule has 1 saturated heterocycles. The summed E-state index contributed by atoms with van der Waals surface area (Å²) in [5, 5.41) is 4.06. The number of hydrogen-bond donors (Lipinski definition) is 2. The normalized spacial score (nSPS) is 17.1.